The first-order valence-corrected chi connectivity index (χ1v) is 7.11. The molecule has 1 aliphatic heterocycles. The molecule has 0 bridgehead atoms. The third kappa shape index (κ3) is 3.72. The lowest BCUT2D eigenvalue weighted by molar-refractivity contribution is 0.0948. The van der Waals surface area contributed by atoms with Crippen molar-refractivity contribution in [3.05, 3.63) is 29.3 Å². The van der Waals surface area contributed by atoms with Crippen LogP contribution in [0.25, 0.3) is 0 Å². The highest BCUT2D eigenvalue weighted by molar-refractivity contribution is 5.97. The van der Waals surface area contributed by atoms with Crippen LogP contribution in [0, 0.1) is 5.41 Å². The van der Waals surface area contributed by atoms with Crippen LogP contribution in [0.4, 0.5) is 5.69 Å². The fourth-order valence-electron chi connectivity index (χ4n) is 2.37. The molecule has 1 aromatic rings. The Morgan fingerprint density at radius 2 is 2.16 bits per heavy atom. The number of rotatable bonds is 3. The lowest BCUT2D eigenvalue weighted by Gasteiger charge is -2.21. The van der Waals surface area contributed by atoms with Crippen LogP contribution in [-0.4, -0.2) is 19.0 Å². The van der Waals surface area contributed by atoms with Gasteiger partial charge in [-0.3, -0.25) is 4.79 Å². The fraction of sp³-hybridized carbons (Fsp3) is 0.562. The molecular weight excluding hydrogens is 236 g/mol. The summed E-state index contributed by atoms with van der Waals surface area (Å²) in [7, 11) is 0. The number of nitrogens with one attached hydrogen (secondary N) is 2. The second kappa shape index (κ2) is 5.64. The zero-order chi connectivity index (χ0) is 13.9. The number of benzene rings is 1. The van der Waals surface area contributed by atoms with E-state index in [1.54, 1.807) is 0 Å². The van der Waals surface area contributed by atoms with Gasteiger partial charge in [0.15, 0.2) is 0 Å². The van der Waals surface area contributed by atoms with Gasteiger partial charge in [0.1, 0.15) is 0 Å². The Kier molecular flexibility index (Phi) is 4.13. The Labute approximate surface area is 115 Å². The van der Waals surface area contributed by atoms with Crippen molar-refractivity contribution in [2.45, 2.75) is 40.0 Å². The van der Waals surface area contributed by atoms with E-state index in [1.807, 2.05) is 12.1 Å². The molecule has 3 nitrogen and oxygen atoms in total. The predicted octanol–water partition coefficient (Wildman–Crippen LogP) is 3.21. The summed E-state index contributed by atoms with van der Waals surface area (Å²) in [4.78, 5) is 12.3. The van der Waals surface area contributed by atoms with Gasteiger partial charge in [0, 0.05) is 24.3 Å². The second-order valence-electron chi connectivity index (χ2n) is 6.43. The first-order chi connectivity index (χ1) is 8.97. The number of anilines is 1. The second-order valence-corrected chi connectivity index (χ2v) is 6.43. The van der Waals surface area contributed by atoms with Gasteiger partial charge in [-0.15, -0.1) is 0 Å². The van der Waals surface area contributed by atoms with Crippen LogP contribution < -0.4 is 10.6 Å². The molecule has 19 heavy (non-hydrogen) atoms. The number of carbonyl (C=O) groups is 1. The minimum Gasteiger partial charge on any atom is -0.385 e. The Morgan fingerprint density at radius 1 is 1.37 bits per heavy atom. The van der Waals surface area contributed by atoms with Crippen molar-refractivity contribution in [2.24, 2.45) is 5.41 Å². The minimum absolute atomic E-state index is 0.0600. The van der Waals surface area contributed by atoms with Crippen molar-refractivity contribution in [1.29, 1.82) is 0 Å². The number of fused-ring (bicyclic) bond motifs is 1. The summed E-state index contributed by atoms with van der Waals surface area (Å²) in [5.41, 5.74) is 3.38. The van der Waals surface area contributed by atoms with Gasteiger partial charge in [-0.1, -0.05) is 26.8 Å². The van der Waals surface area contributed by atoms with E-state index < -0.39 is 0 Å². The number of carbonyl (C=O) groups excluding carboxylic acids is 1. The van der Waals surface area contributed by atoms with Crippen molar-refractivity contribution in [3.8, 4) is 0 Å². The molecular formula is C16H24N2O. The van der Waals surface area contributed by atoms with Crippen molar-refractivity contribution in [2.75, 3.05) is 18.4 Å². The molecule has 1 amide bonds. The Balaban J connectivity index is 2.03. The SMILES string of the molecule is CC(C)(C)CCNC(=O)c1cccc2c1CCCN2. The number of hydrogen-bond donors (Lipinski definition) is 2. The summed E-state index contributed by atoms with van der Waals surface area (Å²) in [5, 5.41) is 6.40. The third-order valence-corrected chi connectivity index (χ3v) is 3.50. The molecule has 0 saturated heterocycles. The molecule has 0 aromatic heterocycles. The van der Waals surface area contributed by atoms with Crippen molar-refractivity contribution in [1.82, 2.24) is 5.32 Å². The van der Waals surface area contributed by atoms with Crippen LogP contribution in [-0.2, 0) is 6.42 Å². The van der Waals surface area contributed by atoms with Crippen LogP contribution in [0.3, 0.4) is 0 Å². The zero-order valence-corrected chi connectivity index (χ0v) is 12.2. The molecule has 104 valence electrons. The van der Waals surface area contributed by atoms with Crippen molar-refractivity contribution >= 4 is 11.6 Å². The molecule has 2 rings (SSSR count). The van der Waals surface area contributed by atoms with Gasteiger partial charge in [0.2, 0.25) is 0 Å². The van der Waals surface area contributed by atoms with E-state index in [4.69, 9.17) is 0 Å². The molecule has 0 spiro atoms. The van der Waals surface area contributed by atoms with Gasteiger partial charge >= 0.3 is 0 Å². The first kappa shape index (κ1) is 13.9. The van der Waals surface area contributed by atoms with E-state index in [1.165, 1.54) is 5.56 Å². The lowest BCUT2D eigenvalue weighted by Crippen LogP contribution is -2.29. The van der Waals surface area contributed by atoms with Crippen LogP contribution >= 0.6 is 0 Å². The van der Waals surface area contributed by atoms with Crippen molar-refractivity contribution in [3.63, 3.8) is 0 Å². The van der Waals surface area contributed by atoms with E-state index in [2.05, 4.69) is 37.5 Å². The maximum Gasteiger partial charge on any atom is 0.251 e. The fourth-order valence-corrected chi connectivity index (χ4v) is 2.37. The maximum atomic E-state index is 12.3. The minimum atomic E-state index is 0.0600. The molecule has 1 heterocycles. The Bertz CT molecular complexity index is 460. The topological polar surface area (TPSA) is 41.1 Å². The summed E-state index contributed by atoms with van der Waals surface area (Å²) in [6, 6.07) is 5.94. The van der Waals surface area contributed by atoms with Crippen LogP contribution in [0.15, 0.2) is 18.2 Å². The zero-order valence-electron chi connectivity index (χ0n) is 12.2. The van der Waals surface area contributed by atoms with Gasteiger partial charge in [-0.25, -0.2) is 0 Å². The summed E-state index contributed by atoms with van der Waals surface area (Å²) < 4.78 is 0. The smallest absolute Gasteiger partial charge is 0.251 e. The molecule has 1 aliphatic rings. The first-order valence-electron chi connectivity index (χ1n) is 7.11. The van der Waals surface area contributed by atoms with Gasteiger partial charge in [-0.05, 0) is 42.4 Å². The average Bonchev–Trinajstić information content (AvgIpc) is 2.36. The molecule has 3 heteroatoms. The summed E-state index contributed by atoms with van der Waals surface area (Å²) in [6.07, 6.45) is 3.08. The van der Waals surface area contributed by atoms with Gasteiger partial charge in [-0.2, -0.15) is 0 Å². The van der Waals surface area contributed by atoms with Crippen LogP contribution in [0.1, 0.15) is 49.5 Å². The third-order valence-electron chi connectivity index (χ3n) is 3.50. The Morgan fingerprint density at radius 3 is 2.89 bits per heavy atom. The van der Waals surface area contributed by atoms with Gasteiger partial charge in [0.25, 0.3) is 5.91 Å². The van der Waals surface area contributed by atoms with Crippen molar-refractivity contribution < 1.29 is 4.79 Å². The highest BCUT2D eigenvalue weighted by Crippen LogP contribution is 2.25. The molecule has 0 fully saturated rings. The van der Waals surface area contributed by atoms with Crippen LogP contribution in [0.5, 0.6) is 0 Å². The van der Waals surface area contributed by atoms with Crippen LogP contribution in [0.2, 0.25) is 0 Å². The van der Waals surface area contributed by atoms with Gasteiger partial charge < -0.3 is 10.6 Å². The Hall–Kier alpha value is -1.51. The molecule has 2 N–H and O–H groups in total. The molecule has 0 unspecified atom stereocenters. The van der Waals surface area contributed by atoms with E-state index in [-0.39, 0.29) is 11.3 Å². The largest absolute Gasteiger partial charge is 0.385 e. The maximum absolute atomic E-state index is 12.3. The van der Waals surface area contributed by atoms with Gasteiger partial charge in [0.05, 0.1) is 0 Å². The van der Waals surface area contributed by atoms with E-state index in [0.717, 1.165) is 43.6 Å². The van der Waals surface area contributed by atoms with E-state index in [9.17, 15) is 4.79 Å². The molecule has 0 aliphatic carbocycles. The normalized spacial score (nSPS) is 14.5. The standard InChI is InChI=1S/C16H24N2O/c1-16(2,3)9-11-18-15(19)13-6-4-8-14-12(13)7-5-10-17-14/h4,6,8,17H,5,7,9-11H2,1-3H3,(H,18,19). The monoisotopic (exact) mass is 260 g/mol. The summed E-state index contributed by atoms with van der Waals surface area (Å²) in [5.74, 6) is 0.0600. The summed E-state index contributed by atoms with van der Waals surface area (Å²) in [6.45, 7) is 8.30. The summed E-state index contributed by atoms with van der Waals surface area (Å²) >= 11 is 0. The average molecular weight is 260 g/mol. The molecule has 0 saturated carbocycles. The molecule has 1 aromatic carbocycles. The van der Waals surface area contributed by atoms with E-state index in [0.29, 0.717) is 0 Å². The van der Waals surface area contributed by atoms with E-state index >= 15 is 0 Å². The molecule has 0 radical (unpaired) electrons. The number of hydrogen-bond acceptors (Lipinski definition) is 2. The highest BCUT2D eigenvalue weighted by atomic mass is 16.1. The quantitative estimate of drug-likeness (QED) is 0.876. The molecule has 0 atom stereocenters. The number of amides is 1. The highest BCUT2D eigenvalue weighted by Gasteiger charge is 2.17. The predicted molar refractivity (Wildman–Crippen MR) is 79.7 cm³/mol. The lowest BCUT2D eigenvalue weighted by atomic mass is 9.92.